The Bertz CT molecular complexity index is 684. The van der Waals surface area contributed by atoms with Gasteiger partial charge >= 0.3 is 5.97 Å². The van der Waals surface area contributed by atoms with Gasteiger partial charge in [0.15, 0.2) is 0 Å². The molecule has 0 atom stereocenters. The van der Waals surface area contributed by atoms with Crippen molar-refractivity contribution in [3.05, 3.63) is 65.0 Å². The maximum Gasteiger partial charge on any atom is 0.338 e. The van der Waals surface area contributed by atoms with Crippen molar-refractivity contribution in [3.8, 4) is 0 Å². The molecule has 2 aromatic carbocycles. The van der Waals surface area contributed by atoms with Crippen LogP contribution in [0.15, 0.2) is 42.5 Å². The highest BCUT2D eigenvalue weighted by Gasteiger charge is 2.10. The van der Waals surface area contributed by atoms with Crippen molar-refractivity contribution in [2.75, 3.05) is 5.73 Å². The number of carbonyl (C=O) groups is 2. The number of hydrogen-bond acceptors (Lipinski definition) is 4. The molecule has 0 spiro atoms. The van der Waals surface area contributed by atoms with Gasteiger partial charge in [0.25, 0.3) is 0 Å². The molecule has 0 bridgehead atoms. The second kappa shape index (κ2) is 6.04. The number of ether oxygens (including phenoxy) is 1. The van der Waals surface area contributed by atoms with Crippen molar-refractivity contribution in [1.82, 2.24) is 0 Å². The first-order valence-electron chi connectivity index (χ1n) is 6.08. The molecular formula is C15H13FN2O3. The van der Waals surface area contributed by atoms with Gasteiger partial charge in [-0.05, 0) is 35.9 Å². The zero-order valence-corrected chi connectivity index (χ0v) is 11.0. The van der Waals surface area contributed by atoms with Gasteiger partial charge in [-0.2, -0.15) is 0 Å². The molecule has 2 aromatic rings. The third kappa shape index (κ3) is 3.56. The first-order chi connectivity index (χ1) is 9.97. The predicted molar refractivity (Wildman–Crippen MR) is 74.9 cm³/mol. The van der Waals surface area contributed by atoms with E-state index in [9.17, 15) is 14.0 Å². The molecule has 4 N–H and O–H groups in total. The van der Waals surface area contributed by atoms with Crippen LogP contribution in [0.5, 0.6) is 0 Å². The summed E-state index contributed by atoms with van der Waals surface area (Å²) in [6.45, 7) is 0.00384. The van der Waals surface area contributed by atoms with E-state index in [0.717, 1.165) is 6.07 Å². The second-order valence-corrected chi connectivity index (χ2v) is 4.37. The van der Waals surface area contributed by atoms with E-state index < -0.39 is 17.7 Å². The molecule has 0 aliphatic heterocycles. The summed E-state index contributed by atoms with van der Waals surface area (Å²) in [7, 11) is 0. The van der Waals surface area contributed by atoms with Gasteiger partial charge in [0.1, 0.15) is 12.4 Å². The van der Waals surface area contributed by atoms with Crippen LogP contribution in [0.4, 0.5) is 10.1 Å². The van der Waals surface area contributed by atoms with Gasteiger partial charge in [-0.1, -0.05) is 12.1 Å². The van der Waals surface area contributed by atoms with Crippen LogP contribution in [0.2, 0.25) is 0 Å². The quantitative estimate of drug-likeness (QED) is 0.663. The molecule has 0 heterocycles. The monoisotopic (exact) mass is 288 g/mol. The molecule has 2 rings (SSSR count). The van der Waals surface area contributed by atoms with Crippen molar-refractivity contribution in [3.63, 3.8) is 0 Å². The fourth-order valence-corrected chi connectivity index (χ4v) is 1.65. The maximum atomic E-state index is 13.2. The Morgan fingerprint density at radius 1 is 1.05 bits per heavy atom. The molecule has 0 saturated heterocycles. The summed E-state index contributed by atoms with van der Waals surface area (Å²) in [4.78, 5) is 22.7. The van der Waals surface area contributed by atoms with Crippen LogP contribution in [-0.4, -0.2) is 11.9 Å². The van der Waals surface area contributed by atoms with E-state index in [-0.39, 0.29) is 17.9 Å². The average molecular weight is 288 g/mol. The molecule has 0 aromatic heterocycles. The second-order valence-electron chi connectivity index (χ2n) is 4.37. The van der Waals surface area contributed by atoms with Crippen LogP contribution in [0, 0.1) is 5.82 Å². The summed E-state index contributed by atoms with van der Waals surface area (Å²) in [6.07, 6.45) is 0. The lowest BCUT2D eigenvalue weighted by molar-refractivity contribution is 0.0472. The molecule has 0 radical (unpaired) electrons. The lowest BCUT2D eigenvalue weighted by Crippen LogP contribution is -2.11. The normalized spacial score (nSPS) is 10.1. The third-order valence-corrected chi connectivity index (χ3v) is 2.84. The van der Waals surface area contributed by atoms with Crippen molar-refractivity contribution in [1.29, 1.82) is 0 Å². The Balaban J connectivity index is 2.00. The number of benzene rings is 2. The van der Waals surface area contributed by atoms with Gasteiger partial charge in [0.2, 0.25) is 5.91 Å². The number of rotatable bonds is 4. The molecule has 1 amide bonds. The molecule has 108 valence electrons. The highest BCUT2D eigenvalue weighted by molar-refractivity contribution is 5.92. The first-order valence-corrected chi connectivity index (χ1v) is 6.08. The molecule has 0 unspecified atom stereocenters. The Hall–Kier alpha value is -2.89. The number of anilines is 1. The van der Waals surface area contributed by atoms with Crippen molar-refractivity contribution < 1.29 is 18.7 Å². The molecule has 6 heteroatoms. The zero-order valence-electron chi connectivity index (χ0n) is 11.0. The summed E-state index contributed by atoms with van der Waals surface area (Å²) in [6, 6.07) is 10.0. The van der Waals surface area contributed by atoms with E-state index in [2.05, 4.69) is 0 Å². The fraction of sp³-hybridized carbons (Fsp3) is 0.0667. The zero-order chi connectivity index (χ0) is 15.4. The maximum absolute atomic E-state index is 13.2. The number of hydrogen-bond donors (Lipinski definition) is 2. The van der Waals surface area contributed by atoms with Crippen molar-refractivity contribution in [2.45, 2.75) is 6.61 Å². The van der Waals surface area contributed by atoms with Gasteiger partial charge in [-0.15, -0.1) is 0 Å². The van der Waals surface area contributed by atoms with E-state index in [1.165, 1.54) is 24.3 Å². The molecule has 0 fully saturated rings. The summed E-state index contributed by atoms with van der Waals surface area (Å²) in [5.41, 5.74) is 11.5. The highest BCUT2D eigenvalue weighted by atomic mass is 19.1. The minimum atomic E-state index is -0.671. The number of primary amides is 1. The Morgan fingerprint density at radius 3 is 2.24 bits per heavy atom. The molecule has 0 saturated carbocycles. The number of carbonyl (C=O) groups excluding carboxylic acids is 2. The topological polar surface area (TPSA) is 95.4 Å². The number of nitrogens with two attached hydrogens (primary N) is 2. The number of nitrogen functional groups attached to an aromatic ring is 1. The molecule has 5 nitrogen and oxygen atoms in total. The summed E-state index contributed by atoms with van der Waals surface area (Å²) in [5.74, 6) is -1.86. The minimum absolute atomic E-state index is 0.00384. The van der Waals surface area contributed by atoms with Gasteiger partial charge in [0, 0.05) is 5.56 Å². The van der Waals surface area contributed by atoms with Gasteiger partial charge < -0.3 is 16.2 Å². The molecular weight excluding hydrogens is 275 g/mol. The van der Waals surface area contributed by atoms with Crippen LogP contribution in [0.3, 0.4) is 0 Å². The lowest BCUT2D eigenvalue weighted by Gasteiger charge is -2.06. The van der Waals surface area contributed by atoms with Crippen molar-refractivity contribution >= 4 is 17.6 Å². The van der Waals surface area contributed by atoms with Gasteiger partial charge in [0.05, 0.1) is 11.3 Å². The molecule has 0 aliphatic rings. The van der Waals surface area contributed by atoms with E-state index in [1.807, 2.05) is 0 Å². The number of esters is 1. The molecule has 21 heavy (non-hydrogen) atoms. The fourth-order valence-electron chi connectivity index (χ4n) is 1.65. The minimum Gasteiger partial charge on any atom is -0.457 e. The summed E-state index contributed by atoms with van der Waals surface area (Å²) >= 11 is 0. The van der Waals surface area contributed by atoms with Crippen LogP contribution >= 0.6 is 0 Å². The SMILES string of the molecule is NC(=O)c1ccc(COC(=O)c2ccc(N)c(F)c2)cc1. The van der Waals surface area contributed by atoms with E-state index in [1.54, 1.807) is 12.1 Å². The summed E-state index contributed by atoms with van der Waals surface area (Å²) in [5, 5.41) is 0. The van der Waals surface area contributed by atoms with Crippen LogP contribution in [-0.2, 0) is 11.3 Å². The van der Waals surface area contributed by atoms with Gasteiger partial charge in [-0.3, -0.25) is 4.79 Å². The van der Waals surface area contributed by atoms with E-state index in [0.29, 0.717) is 11.1 Å². The Labute approximate surface area is 120 Å². The number of halogens is 1. The van der Waals surface area contributed by atoms with E-state index >= 15 is 0 Å². The molecule has 0 aliphatic carbocycles. The number of amides is 1. The van der Waals surface area contributed by atoms with Crippen LogP contribution in [0.25, 0.3) is 0 Å². The lowest BCUT2D eigenvalue weighted by atomic mass is 10.1. The average Bonchev–Trinajstić information content (AvgIpc) is 2.48. The first kappa shape index (κ1) is 14.5. The van der Waals surface area contributed by atoms with E-state index in [4.69, 9.17) is 16.2 Å². The standard InChI is InChI=1S/C15H13FN2O3/c16-12-7-11(5-6-13(12)17)15(20)21-8-9-1-3-10(4-2-9)14(18)19/h1-7H,8,17H2,(H2,18,19). The van der Waals surface area contributed by atoms with Crippen LogP contribution < -0.4 is 11.5 Å². The summed E-state index contributed by atoms with van der Waals surface area (Å²) < 4.78 is 18.3. The highest BCUT2D eigenvalue weighted by Crippen LogP contribution is 2.14. The third-order valence-electron chi connectivity index (χ3n) is 2.84. The Kier molecular flexibility index (Phi) is 4.18. The predicted octanol–water partition coefficient (Wildman–Crippen LogP) is 1.86. The smallest absolute Gasteiger partial charge is 0.338 e. The Morgan fingerprint density at radius 2 is 1.67 bits per heavy atom. The van der Waals surface area contributed by atoms with Gasteiger partial charge in [-0.25, -0.2) is 9.18 Å². The largest absolute Gasteiger partial charge is 0.457 e. The van der Waals surface area contributed by atoms with Crippen LogP contribution in [0.1, 0.15) is 26.3 Å². The van der Waals surface area contributed by atoms with Crippen molar-refractivity contribution in [2.24, 2.45) is 5.73 Å².